The lowest BCUT2D eigenvalue weighted by atomic mass is 10.1. The molecular formula is C14H23N3O3S. The predicted octanol–water partition coefficient (Wildman–Crippen LogP) is 0.179. The molecule has 6 nitrogen and oxygen atoms in total. The van der Waals surface area contributed by atoms with Gasteiger partial charge in [0, 0.05) is 32.2 Å². The third kappa shape index (κ3) is 4.16. The number of ether oxygens (including phenoxy) is 1. The molecule has 1 aromatic rings. The van der Waals surface area contributed by atoms with Crippen molar-refractivity contribution in [2.45, 2.75) is 24.3 Å². The van der Waals surface area contributed by atoms with Crippen molar-refractivity contribution in [3.05, 3.63) is 23.8 Å². The van der Waals surface area contributed by atoms with E-state index in [4.69, 9.17) is 9.88 Å². The number of hydrogen-bond acceptors (Lipinski definition) is 5. The molecule has 1 unspecified atom stereocenters. The van der Waals surface area contributed by atoms with Crippen LogP contribution >= 0.6 is 0 Å². The minimum atomic E-state index is -3.78. The van der Waals surface area contributed by atoms with Crippen LogP contribution in [0.1, 0.15) is 12.5 Å². The fraction of sp³-hybridized carbons (Fsp3) is 0.571. The van der Waals surface area contributed by atoms with Gasteiger partial charge in [0.1, 0.15) is 10.6 Å². The quantitative estimate of drug-likeness (QED) is 0.810. The Hall–Kier alpha value is -1.15. The number of hydrogen-bond donors (Lipinski definition) is 2. The van der Waals surface area contributed by atoms with Crippen molar-refractivity contribution >= 4 is 10.0 Å². The molecule has 0 spiro atoms. The van der Waals surface area contributed by atoms with Gasteiger partial charge in [-0.25, -0.2) is 13.6 Å². The first-order chi connectivity index (χ1) is 9.91. The van der Waals surface area contributed by atoms with E-state index in [2.05, 4.69) is 17.1 Å². The molecule has 0 radical (unpaired) electrons. The molecule has 0 bridgehead atoms. The zero-order chi connectivity index (χ0) is 15.5. The van der Waals surface area contributed by atoms with Crippen LogP contribution in [0.3, 0.4) is 0 Å². The third-order valence-electron chi connectivity index (χ3n) is 3.84. The smallest absolute Gasteiger partial charge is 0.241 e. The Morgan fingerprint density at radius 1 is 1.38 bits per heavy atom. The van der Waals surface area contributed by atoms with E-state index in [0.29, 0.717) is 6.04 Å². The summed E-state index contributed by atoms with van der Waals surface area (Å²) in [5.41, 5.74) is 0.950. The first-order valence-electron chi connectivity index (χ1n) is 7.06. The fourth-order valence-corrected chi connectivity index (χ4v) is 3.41. The highest BCUT2D eigenvalue weighted by Gasteiger charge is 2.19. The number of nitrogens with two attached hydrogens (primary N) is 1. The number of piperazine rings is 1. The Balaban J connectivity index is 2.17. The Morgan fingerprint density at radius 2 is 2.05 bits per heavy atom. The molecule has 0 amide bonds. The second kappa shape index (κ2) is 6.74. The van der Waals surface area contributed by atoms with Crippen molar-refractivity contribution in [3.8, 4) is 5.75 Å². The molecule has 1 aliphatic heterocycles. The molecule has 2 rings (SSSR count). The lowest BCUT2D eigenvalue weighted by Crippen LogP contribution is -2.48. The molecule has 3 N–H and O–H groups in total. The molecule has 0 saturated carbocycles. The summed E-state index contributed by atoms with van der Waals surface area (Å²) in [5.74, 6) is 0.288. The van der Waals surface area contributed by atoms with Crippen molar-refractivity contribution in [2.24, 2.45) is 5.14 Å². The Morgan fingerprint density at radius 3 is 2.62 bits per heavy atom. The Kier molecular flexibility index (Phi) is 5.21. The van der Waals surface area contributed by atoms with Gasteiger partial charge in [0.25, 0.3) is 0 Å². The van der Waals surface area contributed by atoms with Gasteiger partial charge in [-0.2, -0.15) is 0 Å². The number of primary sulfonamides is 1. The predicted molar refractivity (Wildman–Crippen MR) is 82.0 cm³/mol. The monoisotopic (exact) mass is 313 g/mol. The van der Waals surface area contributed by atoms with Gasteiger partial charge < -0.3 is 10.1 Å². The summed E-state index contributed by atoms with van der Waals surface area (Å²) in [6, 6.07) is 5.53. The van der Waals surface area contributed by atoms with E-state index in [1.165, 1.54) is 7.11 Å². The fourth-order valence-electron chi connectivity index (χ4n) is 2.66. The van der Waals surface area contributed by atoms with Crippen LogP contribution < -0.4 is 15.2 Å². The molecule has 1 aliphatic rings. The van der Waals surface area contributed by atoms with Crippen LogP contribution in [-0.2, 0) is 16.4 Å². The minimum Gasteiger partial charge on any atom is -0.495 e. The number of nitrogens with zero attached hydrogens (tertiary/aromatic N) is 1. The molecule has 0 aliphatic carbocycles. The lowest BCUT2D eigenvalue weighted by Gasteiger charge is -2.33. The summed E-state index contributed by atoms with van der Waals surface area (Å²) in [5, 5.41) is 8.57. The molecule has 1 atom stereocenters. The molecule has 1 aromatic carbocycles. The summed E-state index contributed by atoms with van der Waals surface area (Å²) < 4.78 is 28.3. The van der Waals surface area contributed by atoms with Crippen LogP contribution in [0.5, 0.6) is 5.75 Å². The first-order valence-corrected chi connectivity index (χ1v) is 8.61. The molecule has 1 saturated heterocycles. The lowest BCUT2D eigenvalue weighted by molar-refractivity contribution is 0.183. The van der Waals surface area contributed by atoms with Gasteiger partial charge in [-0.3, -0.25) is 4.90 Å². The molecule has 21 heavy (non-hydrogen) atoms. The largest absolute Gasteiger partial charge is 0.495 e. The van der Waals surface area contributed by atoms with Crippen LogP contribution in [0, 0.1) is 0 Å². The number of nitrogens with one attached hydrogen (secondary N) is 1. The number of sulfonamides is 1. The van der Waals surface area contributed by atoms with E-state index >= 15 is 0 Å². The van der Waals surface area contributed by atoms with Crippen LogP contribution in [-0.4, -0.2) is 52.6 Å². The standard InChI is InChI=1S/C14H23N3O3S/c1-11(17-7-5-16-6-8-17)9-12-3-4-13(20-2)14(10-12)21(15,18)19/h3-4,10-11,16H,5-9H2,1-2H3,(H2,15,18,19). The van der Waals surface area contributed by atoms with Gasteiger partial charge in [0.2, 0.25) is 10.0 Å². The van der Waals surface area contributed by atoms with Gasteiger partial charge in [-0.1, -0.05) is 6.07 Å². The highest BCUT2D eigenvalue weighted by molar-refractivity contribution is 7.89. The van der Waals surface area contributed by atoms with Gasteiger partial charge in [-0.15, -0.1) is 0 Å². The molecule has 1 fully saturated rings. The van der Waals surface area contributed by atoms with E-state index in [1.807, 2.05) is 6.07 Å². The van der Waals surface area contributed by atoms with E-state index in [9.17, 15) is 8.42 Å². The summed E-state index contributed by atoms with van der Waals surface area (Å²) in [7, 11) is -2.34. The maximum absolute atomic E-state index is 11.6. The van der Waals surface area contributed by atoms with E-state index < -0.39 is 10.0 Å². The molecule has 118 valence electrons. The average Bonchev–Trinajstić information content (AvgIpc) is 2.47. The number of rotatable bonds is 5. The Bertz CT molecular complexity index is 583. The normalized spacial score (nSPS) is 18.4. The van der Waals surface area contributed by atoms with Crippen molar-refractivity contribution in [1.29, 1.82) is 0 Å². The highest BCUT2D eigenvalue weighted by Crippen LogP contribution is 2.24. The van der Waals surface area contributed by atoms with Crippen LogP contribution in [0.2, 0.25) is 0 Å². The summed E-state index contributed by atoms with van der Waals surface area (Å²) in [6.07, 6.45) is 0.784. The topological polar surface area (TPSA) is 84.7 Å². The highest BCUT2D eigenvalue weighted by atomic mass is 32.2. The van der Waals surface area contributed by atoms with E-state index in [1.54, 1.807) is 12.1 Å². The van der Waals surface area contributed by atoms with Crippen LogP contribution in [0.25, 0.3) is 0 Å². The van der Waals surface area contributed by atoms with Gasteiger partial charge in [0.15, 0.2) is 0 Å². The summed E-state index contributed by atoms with van der Waals surface area (Å²) >= 11 is 0. The summed E-state index contributed by atoms with van der Waals surface area (Å²) in [4.78, 5) is 2.45. The molecular weight excluding hydrogens is 290 g/mol. The van der Waals surface area contributed by atoms with Crippen molar-refractivity contribution < 1.29 is 13.2 Å². The van der Waals surface area contributed by atoms with Gasteiger partial charge in [0.05, 0.1) is 7.11 Å². The maximum Gasteiger partial charge on any atom is 0.241 e. The van der Waals surface area contributed by atoms with E-state index in [-0.39, 0.29) is 10.6 Å². The number of benzene rings is 1. The second-order valence-corrected chi connectivity index (χ2v) is 6.90. The zero-order valence-electron chi connectivity index (χ0n) is 12.5. The van der Waals surface area contributed by atoms with Gasteiger partial charge >= 0.3 is 0 Å². The van der Waals surface area contributed by atoms with Crippen molar-refractivity contribution in [3.63, 3.8) is 0 Å². The summed E-state index contributed by atoms with van der Waals surface area (Å²) in [6.45, 7) is 6.18. The number of methoxy groups -OCH3 is 1. The second-order valence-electron chi connectivity index (χ2n) is 5.37. The maximum atomic E-state index is 11.6. The Labute approximate surface area is 126 Å². The first kappa shape index (κ1) is 16.2. The average molecular weight is 313 g/mol. The van der Waals surface area contributed by atoms with Crippen LogP contribution in [0.4, 0.5) is 0 Å². The van der Waals surface area contributed by atoms with Crippen molar-refractivity contribution in [2.75, 3.05) is 33.3 Å². The molecule has 0 aromatic heterocycles. The molecule has 1 heterocycles. The van der Waals surface area contributed by atoms with Crippen molar-refractivity contribution in [1.82, 2.24) is 10.2 Å². The third-order valence-corrected chi connectivity index (χ3v) is 4.77. The SMILES string of the molecule is COc1ccc(CC(C)N2CCNCC2)cc1S(N)(=O)=O. The van der Waals surface area contributed by atoms with Crippen LogP contribution in [0.15, 0.2) is 23.1 Å². The minimum absolute atomic E-state index is 0.0509. The molecule has 7 heteroatoms. The zero-order valence-corrected chi connectivity index (χ0v) is 13.3. The van der Waals surface area contributed by atoms with Gasteiger partial charge in [-0.05, 0) is 31.0 Å². The van der Waals surface area contributed by atoms with E-state index in [0.717, 1.165) is 38.2 Å².